The molecule has 2 aliphatic heterocycles. The number of rotatable bonds is 6. The van der Waals surface area contributed by atoms with Gasteiger partial charge in [0.25, 0.3) is 11.8 Å². The molecule has 0 aromatic heterocycles. The second-order valence-electron chi connectivity index (χ2n) is 6.23. The second-order valence-corrected chi connectivity index (χ2v) is 7.33. The molecular formula is C18H17N2O7S-. The number of thioether (sulfide) groups is 1. The second kappa shape index (κ2) is 8.03. The van der Waals surface area contributed by atoms with Crippen LogP contribution in [-0.4, -0.2) is 57.5 Å². The molecule has 2 N–H and O–H groups in total. The number of aliphatic hydroxyl groups is 1. The van der Waals surface area contributed by atoms with E-state index in [1.54, 1.807) is 30.3 Å². The molecule has 2 heterocycles. The van der Waals surface area contributed by atoms with Crippen molar-refractivity contribution in [3.63, 3.8) is 0 Å². The van der Waals surface area contributed by atoms with Gasteiger partial charge in [-0.1, -0.05) is 30.3 Å². The van der Waals surface area contributed by atoms with Gasteiger partial charge in [-0.15, -0.1) is 11.8 Å². The number of carbonyl (C=O) groups excluding carboxylic acids is 4. The van der Waals surface area contributed by atoms with Gasteiger partial charge in [0, 0.05) is 18.2 Å². The number of carbonyl (C=O) groups is 4. The summed E-state index contributed by atoms with van der Waals surface area (Å²) in [6.45, 7) is 0.933. The number of benzene rings is 1. The zero-order valence-electron chi connectivity index (χ0n) is 14.8. The van der Waals surface area contributed by atoms with Crippen molar-refractivity contribution in [1.29, 1.82) is 0 Å². The zero-order chi connectivity index (χ0) is 20.4. The van der Waals surface area contributed by atoms with E-state index in [9.17, 15) is 29.4 Å². The number of aliphatic hydroxyl groups excluding tert-OH is 1. The number of carboxylic acids is 1. The van der Waals surface area contributed by atoms with Gasteiger partial charge in [0.2, 0.25) is 0 Å². The molecule has 10 heteroatoms. The first-order chi connectivity index (χ1) is 13.3. The molecule has 1 unspecified atom stereocenters. The van der Waals surface area contributed by atoms with Crippen LogP contribution in [-0.2, 0) is 23.9 Å². The number of carboxylic acid groups (broad SMARTS) is 1. The van der Waals surface area contributed by atoms with E-state index in [4.69, 9.17) is 4.74 Å². The van der Waals surface area contributed by atoms with Gasteiger partial charge in [-0.25, -0.2) is 0 Å². The highest BCUT2D eigenvalue weighted by Crippen LogP contribution is 2.40. The first kappa shape index (κ1) is 19.9. The van der Waals surface area contributed by atoms with E-state index in [0.29, 0.717) is 5.56 Å². The van der Waals surface area contributed by atoms with Crippen molar-refractivity contribution in [3.05, 3.63) is 47.2 Å². The molecular weight excluding hydrogens is 388 g/mol. The molecule has 2 aliphatic rings. The van der Waals surface area contributed by atoms with Crippen LogP contribution in [0.3, 0.4) is 0 Å². The summed E-state index contributed by atoms with van der Waals surface area (Å²) in [5.74, 6) is -3.33. The van der Waals surface area contributed by atoms with E-state index >= 15 is 0 Å². The predicted octanol–water partition coefficient (Wildman–Crippen LogP) is -1.31. The van der Waals surface area contributed by atoms with Crippen LogP contribution in [0.1, 0.15) is 18.6 Å². The number of amides is 2. The van der Waals surface area contributed by atoms with Crippen LogP contribution in [0.5, 0.6) is 0 Å². The fraction of sp³-hybridized carbons (Fsp3) is 0.333. The highest BCUT2D eigenvalue weighted by molar-refractivity contribution is 8.00. The SMILES string of the molecule is CC(=O)OCC1=C(C(=O)[O-])N2C(=O)[C@@H](NC(=O)C(O)c3ccccc3)[C@H]2SC1. The zero-order valence-corrected chi connectivity index (χ0v) is 15.6. The number of nitrogens with one attached hydrogen (secondary N) is 1. The Morgan fingerprint density at radius 1 is 1.36 bits per heavy atom. The molecule has 28 heavy (non-hydrogen) atoms. The van der Waals surface area contributed by atoms with E-state index in [1.807, 2.05) is 0 Å². The van der Waals surface area contributed by atoms with Gasteiger partial charge in [-0.3, -0.25) is 19.3 Å². The van der Waals surface area contributed by atoms with Crippen molar-refractivity contribution in [1.82, 2.24) is 10.2 Å². The average molecular weight is 405 g/mol. The molecule has 0 aliphatic carbocycles. The summed E-state index contributed by atoms with van der Waals surface area (Å²) >= 11 is 1.22. The fourth-order valence-electron chi connectivity index (χ4n) is 2.99. The maximum atomic E-state index is 12.5. The number of aliphatic carboxylic acids is 1. The molecule has 0 bridgehead atoms. The highest BCUT2D eigenvalue weighted by Gasteiger charge is 2.53. The molecule has 0 saturated carbocycles. The maximum absolute atomic E-state index is 12.5. The molecule has 2 amide bonds. The predicted molar refractivity (Wildman–Crippen MR) is 95.1 cm³/mol. The number of esters is 1. The van der Waals surface area contributed by atoms with Gasteiger partial charge in [-0.05, 0) is 5.56 Å². The normalized spacial score (nSPS) is 22.1. The van der Waals surface area contributed by atoms with Crippen molar-refractivity contribution in [2.24, 2.45) is 0 Å². The van der Waals surface area contributed by atoms with E-state index in [1.165, 1.54) is 18.7 Å². The molecule has 3 rings (SSSR count). The molecule has 148 valence electrons. The molecule has 0 radical (unpaired) electrons. The van der Waals surface area contributed by atoms with Crippen molar-refractivity contribution >= 4 is 35.5 Å². The summed E-state index contributed by atoms with van der Waals surface area (Å²) in [5.41, 5.74) is 0.280. The number of β-lactam (4-membered cyclic amide) rings is 1. The summed E-state index contributed by atoms with van der Waals surface area (Å²) < 4.78 is 4.83. The Balaban J connectivity index is 1.72. The van der Waals surface area contributed by atoms with Crippen LogP contribution in [0.2, 0.25) is 0 Å². The number of hydrogen-bond acceptors (Lipinski definition) is 8. The third-order valence-corrected chi connectivity index (χ3v) is 5.69. The minimum atomic E-state index is -1.56. The van der Waals surface area contributed by atoms with Gasteiger partial charge in [0.1, 0.15) is 18.0 Å². The Labute approximate surface area is 164 Å². The topological polar surface area (TPSA) is 136 Å². The molecule has 1 saturated heterocycles. The fourth-order valence-corrected chi connectivity index (χ4v) is 4.32. The Bertz CT molecular complexity index is 855. The summed E-state index contributed by atoms with van der Waals surface area (Å²) in [4.78, 5) is 48.3. The standard InChI is InChI=1S/C18H18N2O7S/c1-9(21)27-7-11-8-28-17-12(16(24)20(17)13(11)18(25)26)19-15(23)14(22)10-5-3-2-4-6-10/h2-6,12,14,17,22H,7-8H2,1H3,(H,19,23)(H,25,26)/p-1/t12-,14?,17-/m1/s1. The lowest BCUT2D eigenvalue weighted by Crippen LogP contribution is -2.71. The first-order valence-electron chi connectivity index (χ1n) is 8.36. The molecule has 1 fully saturated rings. The van der Waals surface area contributed by atoms with Crippen molar-refractivity contribution in [2.45, 2.75) is 24.4 Å². The number of hydrogen-bond donors (Lipinski definition) is 2. The molecule has 0 spiro atoms. The molecule has 9 nitrogen and oxygen atoms in total. The van der Waals surface area contributed by atoms with Crippen molar-refractivity contribution < 1.29 is 34.1 Å². The lowest BCUT2D eigenvalue weighted by atomic mass is 10.0. The van der Waals surface area contributed by atoms with Gasteiger partial charge in [-0.2, -0.15) is 0 Å². The Morgan fingerprint density at radius 3 is 2.64 bits per heavy atom. The van der Waals surface area contributed by atoms with Crippen molar-refractivity contribution in [3.8, 4) is 0 Å². The van der Waals surface area contributed by atoms with Gasteiger partial charge >= 0.3 is 5.97 Å². The number of nitrogens with zero attached hydrogens (tertiary/aromatic N) is 1. The summed E-state index contributed by atoms with van der Waals surface area (Å²) in [6.07, 6.45) is -1.45. The monoisotopic (exact) mass is 405 g/mol. The lowest BCUT2D eigenvalue weighted by Gasteiger charge is -2.50. The average Bonchev–Trinajstić information content (AvgIpc) is 2.69. The van der Waals surface area contributed by atoms with Gasteiger partial charge in [0.15, 0.2) is 6.10 Å². The third-order valence-electron chi connectivity index (χ3n) is 4.35. The van der Waals surface area contributed by atoms with Crippen LogP contribution in [0.4, 0.5) is 0 Å². The largest absolute Gasteiger partial charge is 0.543 e. The summed E-state index contributed by atoms with van der Waals surface area (Å²) in [7, 11) is 0. The maximum Gasteiger partial charge on any atom is 0.302 e. The van der Waals surface area contributed by atoms with Gasteiger partial charge < -0.3 is 25.1 Å². The first-order valence-corrected chi connectivity index (χ1v) is 9.41. The van der Waals surface area contributed by atoms with Crippen LogP contribution in [0, 0.1) is 0 Å². The Hall–Kier alpha value is -2.85. The van der Waals surface area contributed by atoms with Crippen molar-refractivity contribution in [2.75, 3.05) is 12.4 Å². The lowest BCUT2D eigenvalue weighted by molar-refractivity contribution is -0.301. The number of ether oxygens (including phenoxy) is 1. The summed E-state index contributed by atoms with van der Waals surface area (Å²) in [5, 5.41) is 23.5. The van der Waals surface area contributed by atoms with Gasteiger partial charge in [0.05, 0.1) is 11.7 Å². The number of fused-ring (bicyclic) bond motifs is 1. The minimum Gasteiger partial charge on any atom is -0.543 e. The molecule has 3 atom stereocenters. The smallest absolute Gasteiger partial charge is 0.302 e. The third kappa shape index (κ3) is 3.73. The van der Waals surface area contributed by atoms with Crippen LogP contribution in [0.15, 0.2) is 41.6 Å². The Kier molecular flexibility index (Phi) is 5.71. The highest BCUT2D eigenvalue weighted by atomic mass is 32.2. The molecule has 1 aromatic rings. The van der Waals surface area contributed by atoms with Crippen LogP contribution in [0.25, 0.3) is 0 Å². The Morgan fingerprint density at radius 2 is 2.04 bits per heavy atom. The quantitative estimate of drug-likeness (QED) is 0.440. The molecule has 1 aromatic carbocycles. The van der Waals surface area contributed by atoms with E-state index in [2.05, 4.69) is 5.32 Å². The van der Waals surface area contributed by atoms with Crippen LogP contribution < -0.4 is 10.4 Å². The van der Waals surface area contributed by atoms with E-state index in [0.717, 1.165) is 4.90 Å². The summed E-state index contributed by atoms with van der Waals surface area (Å²) in [6, 6.07) is 7.25. The van der Waals surface area contributed by atoms with Crippen LogP contribution >= 0.6 is 11.8 Å². The minimum absolute atomic E-state index is 0.193. The van der Waals surface area contributed by atoms with E-state index < -0.39 is 41.3 Å². The van der Waals surface area contributed by atoms with E-state index in [-0.39, 0.29) is 23.6 Å².